The van der Waals surface area contributed by atoms with E-state index in [-0.39, 0.29) is 6.61 Å². The fourth-order valence-corrected chi connectivity index (χ4v) is 0.204. The first-order valence-electron chi connectivity index (χ1n) is 2.47. The molecular formula is C4H9F2NO2. The second-order valence-corrected chi connectivity index (χ2v) is 1.43. The average molecular weight is 141 g/mol. The lowest BCUT2D eigenvalue weighted by molar-refractivity contribution is -0.318. The van der Waals surface area contributed by atoms with Crippen LogP contribution in [0.2, 0.25) is 0 Å². The Balaban J connectivity index is 3.07. The summed E-state index contributed by atoms with van der Waals surface area (Å²) >= 11 is 0. The Hall–Kier alpha value is -0.260. The predicted molar refractivity (Wildman–Crippen MR) is 26.7 cm³/mol. The highest BCUT2D eigenvalue weighted by Gasteiger charge is 2.22. The minimum absolute atomic E-state index is 0.232. The molecule has 0 bridgehead atoms. The molecule has 0 aromatic rings. The molecule has 0 radical (unpaired) electrons. The van der Waals surface area contributed by atoms with Crippen molar-refractivity contribution in [1.82, 2.24) is 0 Å². The van der Waals surface area contributed by atoms with Gasteiger partial charge in [-0.15, -0.1) is 0 Å². The van der Waals surface area contributed by atoms with Gasteiger partial charge in [0.05, 0.1) is 6.61 Å². The van der Waals surface area contributed by atoms with Crippen molar-refractivity contribution in [2.75, 3.05) is 13.2 Å². The van der Waals surface area contributed by atoms with Gasteiger partial charge in [-0.2, -0.15) is 8.78 Å². The lowest BCUT2D eigenvalue weighted by Crippen LogP contribution is -2.34. The number of hydrogen-bond acceptors (Lipinski definition) is 3. The first-order chi connectivity index (χ1) is 4.06. The summed E-state index contributed by atoms with van der Waals surface area (Å²) in [5.74, 6) is 0. The van der Waals surface area contributed by atoms with Crippen molar-refractivity contribution in [2.24, 2.45) is 5.73 Å². The van der Waals surface area contributed by atoms with Gasteiger partial charge in [0, 0.05) is 0 Å². The monoisotopic (exact) mass is 141 g/mol. The maximum absolute atomic E-state index is 11.6. The zero-order valence-electron chi connectivity index (χ0n) is 5.06. The Morgan fingerprint density at radius 3 is 2.33 bits per heavy atom. The van der Waals surface area contributed by atoms with E-state index in [2.05, 4.69) is 15.5 Å². The Kier molecular flexibility index (Phi) is 3.60. The van der Waals surface area contributed by atoms with Crippen molar-refractivity contribution in [2.45, 2.75) is 13.0 Å². The Morgan fingerprint density at radius 2 is 2.00 bits per heavy atom. The molecule has 0 aromatic heterocycles. The van der Waals surface area contributed by atoms with Gasteiger partial charge in [-0.1, -0.05) is 0 Å². The van der Waals surface area contributed by atoms with Gasteiger partial charge < -0.3 is 0 Å². The van der Waals surface area contributed by atoms with Gasteiger partial charge in [-0.25, -0.2) is 9.78 Å². The number of alkyl halides is 2. The molecule has 0 aliphatic rings. The molecule has 0 saturated heterocycles. The third-order valence-corrected chi connectivity index (χ3v) is 0.453. The second kappa shape index (κ2) is 3.71. The fourth-order valence-electron chi connectivity index (χ4n) is 0.204. The summed E-state index contributed by atoms with van der Waals surface area (Å²) in [5, 5.41) is 0. The zero-order valence-corrected chi connectivity index (χ0v) is 5.06. The van der Waals surface area contributed by atoms with Gasteiger partial charge in [0.15, 0.2) is 6.61 Å². The molecule has 0 spiro atoms. The molecule has 2 N–H and O–H groups in total. The summed E-state index contributed by atoms with van der Waals surface area (Å²) in [6, 6.07) is -3.30. The van der Waals surface area contributed by atoms with Crippen LogP contribution in [0.1, 0.15) is 6.92 Å². The number of halogens is 2. The lowest BCUT2D eigenvalue weighted by Gasteiger charge is -2.07. The van der Waals surface area contributed by atoms with Crippen molar-refractivity contribution in [3.63, 3.8) is 0 Å². The number of hydrogen-bond donors (Lipinski definition) is 1. The van der Waals surface area contributed by atoms with Crippen LogP contribution in [0.3, 0.4) is 0 Å². The molecule has 3 nitrogen and oxygen atoms in total. The van der Waals surface area contributed by atoms with E-state index in [0.717, 1.165) is 0 Å². The maximum Gasteiger partial charge on any atom is 0.326 e. The van der Waals surface area contributed by atoms with Crippen molar-refractivity contribution >= 4 is 0 Å². The van der Waals surface area contributed by atoms with E-state index in [1.54, 1.807) is 6.92 Å². The van der Waals surface area contributed by atoms with Gasteiger partial charge in [-0.05, 0) is 6.92 Å². The standard InChI is InChI=1S/C4H9F2NO2/c1-2-8-9-3-4(5,6)7/h2-3,7H2,1H3. The summed E-state index contributed by atoms with van der Waals surface area (Å²) in [5.41, 5.74) is 4.24. The highest BCUT2D eigenvalue weighted by molar-refractivity contribution is 4.49. The molecule has 5 heteroatoms. The van der Waals surface area contributed by atoms with Crippen LogP contribution >= 0.6 is 0 Å². The lowest BCUT2D eigenvalue weighted by atomic mass is 10.6. The van der Waals surface area contributed by atoms with Gasteiger partial charge in [0.1, 0.15) is 0 Å². The van der Waals surface area contributed by atoms with Gasteiger partial charge >= 0.3 is 6.05 Å². The van der Waals surface area contributed by atoms with E-state index in [0.29, 0.717) is 0 Å². The largest absolute Gasteiger partial charge is 0.326 e. The van der Waals surface area contributed by atoms with Gasteiger partial charge in [-0.3, -0.25) is 5.73 Å². The fraction of sp³-hybridized carbons (Fsp3) is 1.00. The number of nitrogens with two attached hydrogens (primary N) is 1. The van der Waals surface area contributed by atoms with E-state index in [1.807, 2.05) is 0 Å². The van der Waals surface area contributed by atoms with Crippen molar-refractivity contribution in [3.05, 3.63) is 0 Å². The molecule has 0 fully saturated rings. The van der Waals surface area contributed by atoms with Crippen LogP contribution in [0.15, 0.2) is 0 Å². The van der Waals surface area contributed by atoms with E-state index >= 15 is 0 Å². The normalized spacial score (nSPS) is 12.0. The van der Waals surface area contributed by atoms with Crippen molar-refractivity contribution < 1.29 is 18.6 Å². The molecule has 0 heterocycles. The van der Waals surface area contributed by atoms with E-state index < -0.39 is 12.7 Å². The summed E-state index contributed by atoms with van der Waals surface area (Å²) < 4.78 is 23.2. The second-order valence-electron chi connectivity index (χ2n) is 1.43. The first kappa shape index (κ1) is 8.74. The first-order valence-corrected chi connectivity index (χ1v) is 2.47. The molecule has 0 aromatic carbocycles. The molecule has 0 amide bonds. The molecule has 9 heavy (non-hydrogen) atoms. The van der Waals surface area contributed by atoms with Gasteiger partial charge in [0.2, 0.25) is 0 Å². The molecule has 0 aliphatic heterocycles. The predicted octanol–water partition coefficient (Wildman–Crippen LogP) is 0.506. The van der Waals surface area contributed by atoms with Crippen LogP contribution < -0.4 is 5.73 Å². The molecule has 0 aliphatic carbocycles. The SMILES string of the molecule is CCOOCC(N)(F)F. The van der Waals surface area contributed by atoms with Crippen LogP contribution in [0.25, 0.3) is 0 Å². The third kappa shape index (κ3) is 7.74. The summed E-state index contributed by atoms with van der Waals surface area (Å²) in [7, 11) is 0. The Bertz CT molecular complexity index is 73.5. The Morgan fingerprint density at radius 1 is 1.44 bits per heavy atom. The van der Waals surface area contributed by atoms with Crippen molar-refractivity contribution in [3.8, 4) is 0 Å². The highest BCUT2D eigenvalue weighted by Crippen LogP contribution is 2.03. The average Bonchev–Trinajstić information content (AvgIpc) is 1.63. The molecule has 0 saturated carbocycles. The van der Waals surface area contributed by atoms with Gasteiger partial charge in [0.25, 0.3) is 0 Å². The van der Waals surface area contributed by atoms with Crippen LogP contribution in [0.4, 0.5) is 8.78 Å². The maximum atomic E-state index is 11.6. The summed E-state index contributed by atoms with van der Waals surface area (Å²) in [6.07, 6.45) is 0. The van der Waals surface area contributed by atoms with Crippen LogP contribution in [-0.4, -0.2) is 19.3 Å². The smallest absolute Gasteiger partial charge is 0.270 e. The quantitative estimate of drug-likeness (QED) is 0.268. The highest BCUT2D eigenvalue weighted by atomic mass is 19.3. The van der Waals surface area contributed by atoms with E-state index in [9.17, 15) is 8.78 Å². The summed E-state index contributed by atoms with van der Waals surface area (Å²) in [4.78, 5) is 8.12. The minimum Gasteiger partial charge on any atom is -0.270 e. The molecule has 0 rings (SSSR count). The zero-order chi connectivity index (χ0) is 7.33. The topological polar surface area (TPSA) is 44.5 Å². The van der Waals surface area contributed by atoms with Crippen LogP contribution in [-0.2, 0) is 9.78 Å². The van der Waals surface area contributed by atoms with Crippen LogP contribution in [0, 0.1) is 0 Å². The summed E-state index contributed by atoms with van der Waals surface area (Å²) in [6.45, 7) is 0.950. The molecule has 0 atom stereocenters. The molecule has 0 unspecified atom stereocenters. The number of rotatable bonds is 4. The minimum atomic E-state index is -3.30. The Labute approximate surface area is 51.7 Å². The molecule has 56 valence electrons. The van der Waals surface area contributed by atoms with E-state index in [4.69, 9.17) is 0 Å². The van der Waals surface area contributed by atoms with Crippen molar-refractivity contribution in [1.29, 1.82) is 0 Å². The van der Waals surface area contributed by atoms with E-state index in [1.165, 1.54) is 0 Å². The molecular weight excluding hydrogens is 132 g/mol. The van der Waals surface area contributed by atoms with Crippen LogP contribution in [0.5, 0.6) is 0 Å². The third-order valence-electron chi connectivity index (χ3n) is 0.453.